The number of hydrogen-bond donors (Lipinski definition) is 3. The predicted octanol–water partition coefficient (Wildman–Crippen LogP) is -0.301. The Hall–Kier alpha value is -0.820. The van der Waals surface area contributed by atoms with Crippen LogP contribution in [0.4, 0.5) is 0 Å². The maximum atomic E-state index is 10.3. The van der Waals surface area contributed by atoms with Gasteiger partial charge in [0.05, 0.1) is 11.8 Å². The van der Waals surface area contributed by atoms with Gasteiger partial charge in [0, 0.05) is 5.38 Å². The molecule has 0 aliphatic heterocycles. The van der Waals surface area contributed by atoms with E-state index in [-0.39, 0.29) is 0 Å². The molecule has 1 aromatic rings. The van der Waals surface area contributed by atoms with Gasteiger partial charge in [-0.3, -0.25) is 4.79 Å². The molecule has 0 bridgehead atoms. The van der Waals surface area contributed by atoms with Crippen molar-refractivity contribution in [2.24, 2.45) is 5.73 Å². The minimum absolute atomic E-state index is 0.291. The van der Waals surface area contributed by atoms with Crippen molar-refractivity contribution in [2.45, 2.75) is 18.6 Å². The van der Waals surface area contributed by atoms with Crippen molar-refractivity contribution < 1.29 is 15.0 Å². The van der Waals surface area contributed by atoms with Gasteiger partial charge in [-0.25, -0.2) is 4.98 Å². The highest BCUT2D eigenvalue weighted by atomic mass is 32.1. The average Bonchev–Trinajstić information content (AvgIpc) is 2.65. The first-order valence-corrected chi connectivity index (χ1v) is 5.03. The minimum Gasteiger partial charge on any atom is -0.390 e. The van der Waals surface area contributed by atoms with Crippen molar-refractivity contribution >= 4 is 17.6 Å². The monoisotopic (exact) mass is 216 g/mol. The van der Waals surface area contributed by atoms with Crippen LogP contribution < -0.4 is 5.73 Å². The molecule has 14 heavy (non-hydrogen) atoms. The Bertz CT molecular complexity index is 303. The summed E-state index contributed by atoms with van der Waals surface area (Å²) >= 11 is 1.13. The van der Waals surface area contributed by atoms with Gasteiger partial charge in [-0.2, -0.15) is 0 Å². The third-order valence-corrected chi connectivity index (χ3v) is 2.56. The van der Waals surface area contributed by atoms with E-state index in [1.807, 2.05) is 0 Å². The smallest absolute Gasteiger partial charge is 0.178 e. The predicted molar refractivity (Wildman–Crippen MR) is 52.1 cm³/mol. The number of hydrogen-bond acceptors (Lipinski definition) is 6. The zero-order valence-corrected chi connectivity index (χ0v) is 8.28. The van der Waals surface area contributed by atoms with Gasteiger partial charge in [0.2, 0.25) is 0 Å². The molecule has 0 aromatic carbocycles. The highest BCUT2D eigenvalue weighted by Gasteiger charge is 2.20. The summed E-state index contributed by atoms with van der Waals surface area (Å²) in [6.07, 6.45) is -1.09. The zero-order chi connectivity index (χ0) is 10.6. The molecule has 0 saturated carbocycles. The van der Waals surface area contributed by atoms with Crippen LogP contribution in [0.1, 0.15) is 28.0 Å². The molecule has 6 heteroatoms. The fraction of sp³-hybridized carbons (Fsp3) is 0.500. The summed E-state index contributed by atoms with van der Waals surface area (Å²) in [6.45, 7) is 0.295. The second kappa shape index (κ2) is 5.16. The number of nitrogens with zero attached hydrogens (tertiary/aromatic N) is 1. The molecule has 0 saturated heterocycles. The van der Waals surface area contributed by atoms with E-state index in [9.17, 15) is 15.0 Å². The second-order valence-corrected chi connectivity index (χ2v) is 3.71. The minimum atomic E-state index is -1.07. The number of aldehydes is 1. The fourth-order valence-electron chi connectivity index (χ4n) is 1.02. The highest BCUT2D eigenvalue weighted by molar-refractivity contribution is 7.11. The van der Waals surface area contributed by atoms with Gasteiger partial charge in [0.15, 0.2) is 11.3 Å². The highest BCUT2D eigenvalue weighted by Crippen LogP contribution is 2.20. The topological polar surface area (TPSA) is 96.4 Å². The van der Waals surface area contributed by atoms with E-state index in [0.29, 0.717) is 30.0 Å². The maximum Gasteiger partial charge on any atom is 0.178 e. The van der Waals surface area contributed by atoms with E-state index in [1.54, 1.807) is 5.38 Å². The molecule has 0 fully saturated rings. The molecule has 0 aliphatic carbocycles. The molecule has 78 valence electrons. The molecule has 5 nitrogen and oxygen atoms in total. The van der Waals surface area contributed by atoms with Crippen molar-refractivity contribution in [2.75, 3.05) is 6.54 Å². The summed E-state index contributed by atoms with van der Waals surface area (Å²) in [5, 5.41) is 20.8. The maximum absolute atomic E-state index is 10.3. The van der Waals surface area contributed by atoms with Gasteiger partial charge < -0.3 is 15.9 Å². The second-order valence-electron chi connectivity index (χ2n) is 2.82. The summed E-state index contributed by atoms with van der Waals surface area (Å²) in [5.41, 5.74) is 5.55. The summed E-state index contributed by atoms with van der Waals surface area (Å²) in [4.78, 5) is 14.2. The van der Waals surface area contributed by atoms with Crippen molar-refractivity contribution in [1.29, 1.82) is 0 Å². The number of carbonyl (C=O) groups excluding carboxylic acids is 1. The Kier molecular flexibility index (Phi) is 4.15. The molecular weight excluding hydrogens is 204 g/mol. The van der Waals surface area contributed by atoms with Crippen LogP contribution in [0, 0.1) is 0 Å². The number of aliphatic hydroxyl groups is 2. The molecule has 1 rings (SSSR count). The number of carbonyl (C=O) groups is 1. The molecule has 0 amide bonds. The van der Waals surface area contributed by atoms with Crippen LogP contribution >= 0.6 is 11.3 Å². The van der Waals surface area contributed by atoms with Crippen LogP contribution in [0.25, 0.3) is 0 Å². The van der Waals surface area contributed by atoms with Crippen LogP contribution in [0.2, 0.25) is 0 Å². The van der Waals surface area contributed by atoms with Gasteiger partial charge in [-0.1, -0.05) is 0 Å². The summed E-state index contributed by atoms with van der Waals surface area (Å²) in [7, 11) is 0. The van der Waals surface area contributed by atoms with Gasteiger partial charge in [0.25, 0.3) is 0 Å². The molecular formula is C8H12N2O3S. The molecule has 1 aromatic heterocycles. The lowest BCUT2D eigenvalue weighted by Crippen LogP contribution is -2.22. The Morgan fingerprint density at radius 2 is 2.36 bits per heavy atom. The van der Waals surface area contributed by atoms with Crippen molar-refractivity contribution in [3.05, 3.63) is 16.1 Å². The third-order valence-electron chi connectivity index (χ3n) is 1.77. The molecule has 2 atom stereocenters. The Morgan fingerprint density at radius 1 is 1.64 bits per heavy atom. The molecule has 0 spiro atoms. The lowest BCUT2D eigenvalue weighted by Gasteiger charge is -2.14. The van der Waals surface area contributed by atoms with Crippen LogP contribution in [0.5, 0.6) is 0 Å². The van der Waals surface area contributed by atoms with Gasteiger partial charge in [-0.05, 0) is 13.0 Å². The van der Waals surface area contributed by atoms with E-state index in [0.717, 1.165) is 11.3 Å². The largest absolute Gasteiger partial charge is 0.390 e. The number of rotatable bonds is 5. The van der Waals surface area contributed by atoms with E-state index in [4.69, 9.17) is 5.73 Å². The third kappa shape index (κ3) is 2.58. The van der Waals surface area contributed by atoms with Crippen LogP contribution in [0.3, 0.4) is 0 Å². The average molecular weight is 216 g/mol. The molecule has 4 N–H and O–H groups in total. The number of thiazole rings is 1. The van der Waals surface area contributed by atoms with E-state index < -0.39 is 12.2 Å². The first-order chi connectivity index (χ1) is 6.69. The molecule has 0 aliphatic rings. The quantitative estimate of drug-likeness (QED) is 0.587. The lowest BCUT2D eigenvalue weighted by atomic mass is 10.1. The fourth-order valence-corrected chi connectivity index (χ4v) is 1.66. The number of aromatic nitrogens is 1. The normalized spacial score (nSPS) is 15.1. The summed E-state index contributed by atoms with van der Waals surface area (Å²) in [6, 6.07) is 0. The SMILES string of the molecule is NCCC(O)C(O)c1csc(C=O)n1. The first kappa shape index (κ1) is 11.3. The Balaban J connectivity index is 2.67. The molecule has 1 heterocycles. The standard InChI is InChI=1S/C8H12N2O3S/c9-2-1-6(12)8(13)5-4-14-7(3-11)10-5/h3-4,6,8,12-13H,1-2,9H2. The lowest BCUT2D eigenvalue weighted by molar-refractivity contribution is 0.0128. The number of nitrogens with two attached hydrogens (primary N) is 1. The van der Waals surface area contributed by atoms with Crippen LogP contribution in [0.15, 0.2) is 5.38 Å². The Labute approximate surface area is 85.2 Å². The van der Waals surface area contributed by atoms with E-state index >= 15 is 0 Å². The van der Waals surface area contributed by atoms with Crippen molar-refractivity contribution in [3.63, 3.8) is 0 Å². The van der Waals surface area contributed by atoms with Crippen molar-refractivity contribution in [1.82, 2.24) is 4.98 Å². The van der Waals surface area contributed by atoms with Gasteiger partial charge in [0.1, 0.15) is 6.10 Å². The van der Waals surface area contributed by atoms with Gasteiger partial charge >= 0.3 is 0 Å². The number of aliphatic hydroxyl groups excluding tert-OH is 2. The first-order valence-electron chi connectivity index (χ1n) is 4.15. The summed E-state index contributed by atoms with van der Waals surface area (Å²) in [5.74, 6) is 0. The van der Waals surface area contributed by atoms with E-state index in [1.165, 1.54) is 0 Å². The molecule has 2 unspecified atom stereocenters. The Morgan fingerprint density at radius 3 is 2.86 bits per heavy atom. The summed E-state index contributed by atoms with van der Waals surface area (Å²) < 4.78 is 0. The zero-order valence-electron chi connectivity index (χ0n) is 7.46. The van der Waals surface area contributed by atoms with Crippen LogP contribution in [-0.4, -0.2) is 34.1 Å². The van der Waals surface area contributed by atoms with Crippen LogP contribution in [-0.2, 0) is 0 Å². The molecule has 0 radical (unpaired) electrons. The van der Waals surface area contributed by atoms with E-state index in [2.05, 4.69) is 4.98 Å². The van der Waals surface area contributed by atoms with Crippen molar-refractivity contribution in [3.8, 4) is 0 Å². The van der Waals surface area contributed by atoms with Gasteiger partial charge in [-0.15, -0.1) is 11.3 Å².